The second kappa shape index (κ2) is 11.4. The average molecular weight is 498 g/mol. The van der Waals surface area contributed by atoms with Crippen molar-refractivity contribution in [2.75, 3.05) is 13.2 Å². The predicted octanol–water partition coefficient (Wildman–Crippen LogP) is 4.64. The molecule has 9 heteroatoms. The highest BCUT2D eigenvalue weighted by Gasteiger charge is 2.25. The minimum atomic E-state index is -3.24. The van der Waals surface area contributed by atoms with Gasteiger partial charge in [0.25, 0.3) is 5.91 Å². The number of carbonyl (C=O) groups is 2. The summed E-state index contributed by atoms with van der Waals surface area (Å²) in [5.41, 5.74) is 1.80. The van der Waals surface area contributed by atoms with Gasteiger partial charge in [0.2, 0.25) is 0 Å². The summed E-state index contributed by atoms with van der Waals surface area (Å²) in [5, 5.41) is 12.0. The van der Waals surface area contributed by atoms with E-state index in [2.05, 4.69) is 21.2 Å². The van der Waals surface area contributed by atoms with Crippen molar-refractivity contribution in [2.24, 2.45) is 0 Å². The van der Waals surface area contributed by atoms with Crippen molar-refractivity contribution in [3.05, 3.63) is 69.7 Å². The number of carboxylic acids is 1. The first-order valence-corrected chi connectivity index (χ1v) is 12.0. The van der Waals surface area contributed by atoms with E-state index in [-0.39, 0.29) is 25.8 Å². The zero-order valence-corrected chi connectivity index (χ0v) is 19.3. The van der Waals surface area contributed by atoms with Gasteiger partial charge in [0.1, 0.15) is 6.04 Å². The second-order valence-electron chi connectivity index (χ2n) is 6.50. The first-order chi connectivity index (χ1) is 14.3. The molecule has 0 aromatic heterocycles. The summed E-state index contributed by atoms with van der Waals surface area (Å²) in [5.74, 6) is -1.61. The number of hydrogen-bond acceptors (Lipinski definition) is 5. The van der Waals surface area contributed by atoms with Gasteiger partial charge in [0.05, 0.1) is 19.4 Å². The minimum absolute atomic E-state index is 0.0951. The summed E-state index contributed by atoms with van der Waals surface area (Å²) < 4.78 is 24.1. The van der Waals surface area contributed by atoms with E-state index in [1.54, 1.807) is 50.2 Å². The third kappa shape index (κ3) is 7.36. The van der Waals surface area contributed by atoms with Gasteiger partial charge in [-0.1, -0.05) is 40.2 Å². The SMILES string of the molecule is CCOP(=O)(Cc1ccc(C(=O)N[C@H](Cc2ccc(Br)cc2)C(=O)O)cc1)OCC. The molecule has 2 N–H and O–H groups in total. The molecule has 0 bridgehead atoms. The van der Waals surface area contributed by atoms with Crippen LogP contribution in [0.5, 0.6) is 0 Å². The van der Waals surface area contributed by atoms with Gasteiger partial charge in [0, 0.05) is 16.5 Å². The first-order valence-electron chi connectivity index (χ1n) is 9.51. The van der Waals surface area contributed by atoms with E-state index in [1.807, 2.05) is 12.1 Å². The highest BCUT2D eigenvalue weighted by atomic mass is 79.9. The van der Waals surface area contributed by atoms with E-state index in [0.717, 1.165) is 10.0 Å². The molecular weight excluding hydrogens is 473 g/mol. The van der Waals surface area contributed by atoms with Crippen LogP contribution in [-0.2, 0) is 31.0 Å². The van der Waals surface area contributed by atoms with Gasteiger partial charge >= 0.3 is 13.6 Å². The van der Waals surface area contributed by atoms with E-state index in [0.29, 0.717) is 11.1 Å². The van der Waals surface area contributed by atoms with Crippen LogP contribution in [0, 0.1) is 0 Å². The Morgan fingerprint density at radius 2 is 1.53 bits per heavy atom. The summed E-state index contributed by atoms with van der Waals surface area (Å²) in [6.07, 6.45) is 0.260. The Morgan fingerprint density at radius 3 is 2.03 bits per heavy atom. The fraction of sp³-hybridized carbons (Fsp3) is 0.333. The number of halogens is 1. The molecule has 2 aromatic carbocycles. The number of amides is 1. The maximum absolute atomic E-state index is 12.6. The number of benzene rings is 2. The topological polar surface area (TPSA) is 102 Å². The lowest BCUT2D eigenvalue weighted by atomic mass is 10.1. The number of aliphatic carboxylic acids is 1. The second-order valence-corrected chi connectivity index (χ2v) is 9.47. The molecule has 0 saturated heterocycles. The Hall–Kier alpha value is -1.99. The van der Waals surface area contributed by atoms with Gasteiger partial charge in [-0.3, -0.25) is 9.36 Å². The van der Waals surface area contributed by atoms with E-state index >= 15 is 0 Å². The third-order valence-corrected chi connectivity index (χ3v) is 6.78. The molecule has 162 valence electrons. The standard InChI is InChI=1S/C21H25BrNO6P/c1-3-28-30(27,29-4-2)14-16-5-9-17(10-6-16)20(24)23-19(21(25)26)13-15-7-11-18(22)12-8-15/h5-12,19H,3-4,13-14H2,1-2H3,(H,23,24)(H,25,26)/t19-/m1/s1. The van der Waals surface area contributed by atoms with Crippen molar-refractivity contribution in [3.63, 3.8) is 0 Å². The Labute approximate surface area is 184 Å². The monoisotopic (exact) mass is 497 g/mol. The number of rotatable bonds is 11. The van der Waals surface area contributed by atoms with E-state index in [4.69, 9.17) is 9.05 Å². The van der Waals surface area contributed by atoms with Crippen molar-refractivity contribution in [2.45, 2.75) is 32.5 Å². The number of carbonyl (C=O) groups excluding carboxylic acids is 1. The lowest BCUT2D eigenvalue weighted by Crippen LogP contribution is -2.42. The molecule has 0 spiro atoms. The van der Waals surface area contributed by atoms with Crippen molar-refractivity contribution in [1.29, 1.82) is 0 Å². The Morgan fingerprint density at radius 1 is 1.00 bits per heavy atom. The van der Waals surface area contributed by atoms with Gasteiger partial charge in [-0.05, 0) is 49.2 Å². The Kier molecular flexibility index (Phi) is 9.24. The number of carboxylic acid groups (broad SMARTS) is 1. The van der Waals surface area contributed by atoms with E-state index in [9.17, 15) is 19.3 Å². The highest BCUT2D eigenvalue weighted by Crippen LogP contribution is 2.51. The maximum Gasteiger partial charge on any atom is 0.335 e. The normalized spacial score (nSPS) is 12.4. The predicted molar refractivity (Wildman–Crippen MR) is 118 cm³/mol. The lowest BCUT2D eigenvalue weighted by Gasteiger charge is -2.17. The molecule has 0 aliphatic carbocycles. The summed E-state index contributed by atoms with van der Waals surface area (Å²) in [6.45, 7) is 4.03. The first kappa shape index (κ1) is 24.3. The van der Waals surface area contributed by atoms with Gasteiger partial charge in [-0.2, -0.15) is 0 Å². The average Bonchev–Trinajstić information content (AvgIpc) is 2.69. The van der Waals surface area contributed by atoms with E-state index < -0.39 is 25.5 Å². The molecule has 7 nitrogen and oxygen atoms in total. The van der Waals surface area contributed by atoms with Crippen LogP contribution in [0.4, 0.5) is 0 Å². The smallest absolute Gasteiger partial charge is 0.335 e. The van der Waals surface area contributed by atoms with Crippen LogP contribution in [0.25, 0.3) is 0 Å². The van der Waals surface area contributed by atoms with Crippen LogP contribution in [0.3, 0.4) is 0 Å². The minimum Gasteiger partial charge on any atom is -0.480 e. The molecular formula is C21H25BrNO6P. The van der Waals surface area contributed by atoms with Crippen molar-refractivity contribution >= 4 is 35.4 Å². The molecule has 0 fully saturated rings. The molecule has 1 atom stereocenters. The van der Waals surface area contributed by atoms with Crippen LogP contribution in [0.15, 0.2) is 53.0 Å². The molecule has 2 rings (SSSR count). The maximum atomic E-state index is 12.6. The lowest BCUT2D eigenvalue weighted by molar-refractivity contribution is -0.139. The van der Waals surface area contributed by atoms with Gasteiger partial charge in [0.15, 0.2) is 0 Å². The Balaban J connectivity index is 2.05. The molecule has 0 saturated carbocycles. The van der Waals surface area contributed by atoms with Gasteiger partial charge < -0.3 is 19.5 Å². The van der Waals surface area contributed by atoms with Crippen LogP contribution in [0.2, 0.25) is 0 Å². The molecule has 1 amide bonds. The van der Waals surface area contributed by atoms with Crippen LogP contribution in [-0.4, -0.2) is 36.2 Å². The fourth-order valence-corrected chi connectivity index (χ4v) is 4.77. The molecule has 0 unspecified atom stereocenters. The third-order valence-electron chi connectivity index (χ3n) is 4.20. The van der Waals surface area contributed by atoms with Crippen LogP contribution < -0.4 is 5.32 Å². The van der Waals surface area contributed by atoms with Gasteiger partial charge in [-0.15, -0.1) is 0 Å². The number of nitrogens with one attached hydrogen (secondary N) is 1. The molecule has 0 heterocycles. The fourth-order valence-electron chi connectivity index (χ4n) is 2.80. The zero-order chi connectivity index (χ0) is 22.1. The molecule has 30 heavy (non-hydrogen) atoms. The Bertz CT molecular complexity index is 891. The van der Waals surface area contributed by atoms with Crippen molar-refractivity contribution in [1.82, 2.24) is 5.32 Å². The number of hydrogen-bond donors (Lipinski definition) is 2. The highest BCUT2D eigenvalue weighted by molar-refractivity contribution is 9.10. The molecule has 0 radical (unpaired) electrons. The zero-order valence-electron chi connectivity index (χ0n) is 16.8. The van der Waals surface area contributed by atoms with E-state index in [1.165, 1.54) is 0 Å². The molecule has 2 aromatic rings. The summed E-state index contributed by atoms with van der Waals surface area (Å²) in [7, 11) is -3.24. The quantitative estimate of drug-likeness (QED) is 0.438. The van der Waals surface area contributed by atoms with Gasteiger partial charge in [-0.25, -0.2) is 4.79 Å². The summed E-state index contributed by atoms with van der Waals surface area (Å²) >= 11 is 3.33. The van der Waals surface area contributed by atoms with Crippen molar-refractivity contribution in [3.8, 4) is 0 Å². The summed E-state index contributed by atoms with van der Waals surface area (Å²) in [6, 6.07) is 12.6. The molecule has 0 aliphatic heterocycles. The largest absolute Gasteiger partial charge is 0.480 e. The van der Waals surface area contributed by atoms with Crippen LogP contribution in [0.1, 0.15) is 35.3 Å². The molecule has 0 aliphatic rings. The van der Waals surface area contributed by atoms with Crippen molar-refractivity contribution < 1.29 is 28.3 Å². The summed E-state index contributed by atoms with van der Waals surface area (Å²) in [4.78, 5) is 24.1. The van der Waals surface area contributed by atoms with Crippen LogP contribution >= 0.6 is 23.5 Å².